The van der Waals surface area contributed by atoms with Crippen LogP contribution >= 0.6 is 11.6 Å². The highest BCUT2D eigenvalue weighted by Gasteiger charge is 2.35. The van der Waals surface area contributed by atoms with Crippen LogP contribution in [0.5, 0.6) is 5.88 Å². The Morgan fingerprint density at radius 2 is 1.92 bits per heavy atom. The summed E-state index contributed by atoms with van der Waals surface area (Å²) in [5, 5.41) is 6.01. The molecule has 136 valence electrons. The van der Waals surface area contributed by atoms with Gasteiger partial charge in [-0.25, -0.2) is 18.4 Å². The van der Waals surface area contributed by atoms with Crippen LogP contribution in [0, 0.1) is 11.6 Å². The maximum Gasteiger partial charge on any atom is 0.436 e. The van der Waals surface area contributed by atoms with Crippen LogP contribution in [-0.2, 0) is 6.18 Å². The first kappa shape index (κ1) is 18.1. The van der Waals surface area contributed by atoms with Gasteiger partial charge in [0.1, 0.15) is 5.82 Å². The molecule has 0 atom stereocenters. The van der Waals surface area contributed by atoms with Crippen molar-refractivity contribution in [1.29, 1.82) is 0 Å². The van der Waals surface area contributed by atoms with Gasteiger partial charge in [-0.05, 0) is 12.1 Å². The molecule has 2 aromatic heterocycles. The fourth-order valence-corrected chi connectivity index (χ4v) is 2.38. The number of nitrogens with zero attached hydrogens (tertiary/aromatic N) is 4. The molecule has 0 spiro atoms. The van der Waals surface area contributed by atoms with Crippen molar-refractivity contribution >= 4 is 11.6 Å². The average Bonchev–Trinajstić information content (AvgIpc) is 3.08. The topological polar surface area (TPSA) is 52.8 Å². The Morgan fingerprint density at radius 1 is 1.19 bits per heavy atom. The summed E-state index contributed by atoms with van der Waals surface area (Å²) in [5.41, 5.74) is -2.20. The molecule has 0 radical (unpaired) electrons. The first-order valence-electron chi connectivity index (χ1n) is 6.90. The standard InChI is InChI=1S/C15H8ClF5N4O/c1-26-12-4-7(9(17)5-22-12)13-10(3-2-8(16)14(13)18)25-6-11(23-24-25)15(19,20)21/h2-6H,1H3. The summed E-state index contributed by atoms with van der Waals surface area (Å²) in [6.07, 6.45) is -3.39. The first-order chi connectivity index (χ1) is 12.2. The summed E-state index contributed by atoms with van der Waals surface area (Å²) in [4.78, 5) is 3.64. The molecular weight excluding hydrogens is 383 g/mol. The molecule has 0 N–H and O–H groups in total. The summed E-state index contributed by atoms with van der Waals surface area (Å²) in [6, 6.07) is 3.40. The fraction of sp³-hybridized carbons (Fsp3) is 0.133. The Hall–Kier alpha value is -2.75. The highest BCUT2D eigenvalue weighted by Crippen LogP contribution is 2.36. The molecule has 5 nitrogen and oxygen atoms in total. The molecule has 0 aliphatic carbocycles. The van der Waals surface area contributed by atoms with Crippen molar-refractivity contribution in [2.45, 2.75) is 6.18 Å². The Labute approximate surface area is 148 Å². The van der Waals surface area contributed by atoms with Gasteiger partial charge >= 0.3 is 6.18 Å². The normalized spacial score (nSPS) is 11.7. The van der Waals surface area contributed by atoms with Crippen molar-refractivity contribution in [2.75, 3.05) is 7.11 Å². The van der Waals surface area contributed by atoms with E-state index in [2.05, 4.69) is 15.3 Å². The van der Waals surface area contributed by atoms with Crippen LogP contribution in [0.1, 0.15) is 5.69 Å². The van der Waals surface area contributed by atoms with Crippen LogP contribution < -0.4 is 4.74 Å². The summed E-state index contributed by atoms with van der Waals surface area (Å²) in [5.74, 6) is -1.99. The number of rotatable bonds is 3. The van der Waals surface area contributed by atoms with Crippen LogP contribution in [0.25, 0.3) is 16.8 Å². The van der Waals surface area contributed by atoms with E-state index in [-0.39, 0.29) is 22.2 Å². The Morgan fingerprint density at radius 3 is 2.54 bits per heavy atom. The predicted octanol–water partition coefficient (Wildman–Crippen LogP) is 4.29. The lowest BCUT2D eigenvalue weighted by Gasteiger charge is -2.13. The zero-order chi connectivity index (χ0) is 19.1. The Bertz CT molecular complexity index is 973. The lowest BCUT2D eigenvalue weighted by molar-refractivity contribution is -0.141. The number of alkyl halides is 3. The van der Waals surface area contributed by atoms with E-state index in [9.17, 15) is 22.0 Å². The van der Waals surface area contributed by atoms with Crippen LogP contribution in [0.3, 0.4) is 0 Å². The van der Waals surface area contributed by atoms with E-state index in [4.69, 9.17) is 16.3 Å². The molecule has 0 unspecified atom stereocenters. The van der Waals surface area contributed by atoms with Gasteiger partial charge in [0.2, 0.25) is 5.88 Å². The van der Waals surface area contributed by atoms with Gasteiger partial charge in [-0.1, -0.05) is 16.8 Å². The van der Waals surface area contributed by atoms with Crippen molar-refractivity contribution in [3.8, 4) is 22.7 Å². The second-order valence-corrected chi connectivity index (χ2v) is 5.42. The van der Waals surface area contributed by atoms with E-state index < -0.39 is 29.1 Å². The van der Waals surface area contributed by atoms with Crippen LogP contribution in [0.2, 0.25) is 5.02 Å². The molecule has 0 aliphatic heterocycles. The highest BCUT2D eigenvalue weighted by atomic mass is 35.5. The number of pyridine rings is 1. The van der Waals surface area contributed by atoms with Gasteiger partial charge in [-0.2, -0.15) is 13.2 Å². The van der Waals surface area contributed by atoms with Gasteiger partial charge in [0, 0.05) is 17.2 Å². The second kappa shape index (κ2) is 6.52. The molecule has 1 aromatic carbocycles. The Kier molecular flexibility index (Phi) is 4.53. The predicted molar refractivity (Wildman–Crippen MR) is 81.1 cm³/mol. The number of aromatic nitrogens is 4. The first-order valence-corrected chi connectivity index (χ1v) is 7.28. The Balaban J connectivity index is 2.26. The van der Waals surface area contributed by atoms with Crippen molar-refractivity contribution in [3.63, 3.8) is 0 Å². The van der Waals surface area contributed by atoms with Crippen molar-refractivity contribution < 1.29 is 26.7 Å². The second-order valence-electron chi connectivity index (χ2n) is 5.01. The van der Waals surface area contributed by atoms with E-state index in [1.807, 2.05) is 0 Å². The fourth-order valence-electron chi connectivity index (χ4n) is 2.22. The highest BCUT2D eigenvalue weighted by molar-refractivity contribution is 6.31. The zero-order valence-electron chi connectivity index (χ0n) is 12.9. The molecule has 0 saturated carbocycles. The third kappa shape index (κ3) is 3.19. The molecular formula is C15H8ClF5N4O. The number of methoxy groups -OCH3 is 1. The SMILES string of the molecule is COc1cc(-c2c(-n3cc(C(F)(F)F)nn3)ccc(Cl)c2F)c(F)cn1. The summed E-state index contributed by atoms with van der Waals surface area (Å²) < 4.78 is 72.7. The molecule has 0 bridgehead atoms. The molecule has 0 aliphatic rings. The summed E-state index contributed by atoms with van der Waals surface area (Å²) >= 11 is 5.76. The molecule has 11 heteroatoms. The van der Waals surface area contributed by atoms with E-state index >= 15 is 0 Å². The number of halogens is 6. The molecule has 0 saturated heterocycles. The number of hydrogen-bond acceptors (Lipinski definition) is 4. The van der Waals surface area contributed by atoms with E-state index in [0.717, 1.165) is 18.3 Å². The van der Waals surface area contributed by atoms with Crippen molar-refractivity contribution in [2.24, 2.45) is 0 Å². The zero-order valence-corrected chi connectivity index (χ0v) is 13.6. The molecule has 0 fully saturated rings. The van der Waals surface area contributed by atoms with Crippen LogP contribution in [0.15, 0.2) is 30.6 Å². The number of ether oxygens (including phenoxy) is 1. The van der Waals surface area contributed by atoms with Gasteiger partial charge in [-0.15, -0.1) is 5.10 Å². The average molecular weight is 391 g/mol. The largest absolute Gasteiger partial charge is 0.481 e. The van der Waals surface area contributed by atoms with Crippen molar-refractivity contribution in [1.82, 2.24) is 20.0 Å². The third-order valence-electron chi connectivity index (χ3n) is 3.41. The number of benzene rings is 1. The van der Waals surface area contributed by atoms with Gasteiger partial charge < -0.3 is 4.74 Å². The smallest absolute Gasteiger partial charge is 0.436 e. The monoisotopic (exact) mass is 390 g/mol. The minimum Gasteiger partial charge on any atom is -0.481 e. The summed E-state index contributed by atoms with van der Waals surface area (Å²) in [7, 11) is 1.27. The molecule has 3 aromatic rings. The maximum absolute atomic E-state index is 14.6. The quantitative estimate of drug-likeness (QED) is 0.626. The van der Waals surface area contributed by atoms with Gasteiger partial charge in [0.15, 0.2) is 11.5 Å². The lowest BCUT2D eigenvalue weighted by Crippen LogP contribution is -2.05. The van der Waals surface area contributed by atoms with E-state index in [0.29, 0.717) is 10.9 Å². The maximum atomic E-state index is 14.6. The van der Waals surface area contributed by atoms with Gasteiger partial charge in [0.25, 0.3) is 0 Å². The van der Waals surface area contributed by atoms with Crippen LogP contribution in [0.4, 0.5) is 22.0 Å². The van der Waals surface area contributed by atoms with E-state index in [1.165, 1.54) is 13.2 Å². The minimum absolute atomic E-state index is 0.0266. The molecule has 2 heterocycles. The molecule has 26 heavy (non-hydrogen) atoms. The lowest BCUT2D eigenvalue weighted by atomic mass is 10.0. The number of hydrogen-bond donors (Lipinski definition) is 0. The van der Waals surface area contributed by atoms with Crippen molar-refractivity contribution in [3.05, 3.63) is 52.9 Å². The van der Waals surface area contributed by atoms with E-state index in [1.54, 1.807) is 0 Å². The molecule has 3 rings (SSSR count). The summed E-state index contributed by atoms with van der Waals surface area (Å²) in [6.45, 7) is 0. The van der Waals surface area contributed by atoms with Crippen LogP contribution in [-0.4, -0.2) is 27.1 Å². The molecule has 0 amide bonds. The van der Waals surface area contributed by atoms with Gasteiger partial charge in [0.05, 0.1) is 30.2 Å². The third-order valence-corrected chi connectivity index (χ3v) is 3.70. The minimum atomic E-state index is -4.74. The van der Waals surface area contributed by atoms with Gasteiger partial charge in [-0.3, -0.25) is 0 Å².